The van der Waals surface area contributed by atoms with E-state index in [1.165, 1.54) is 21.1 Å². The molecule has 0 N–H and O–H groups in total. The molecule has 0 unspecified atom stereocenters. The number of methoxy groups -OCH3 is 2. The van der Waals surface area contributed by atoms with E-state index < -0.39 is 23.1 Å². The summed E-state index contributed by atoms with van der Waals surface area (Å²) in [6, 6.07) is 0. The van der Waals surface area contributed by atoms with E-state index in [9.17, 15) is 14.4 Å². The molecule has 5 heteroatoms. The maximum absolute atomic E-state index is 12.6. The quantitative estimate of drug-likeness (QED) is 0.693. The lowest BCUT2D eigenvalue weighted by atomic mass is 9.78. The fourth-order valence-corrected chi connectivity index (χ4v) is 2.73. The molecule has 0 aliphatic heterocycles. The number of hydrogen-bond donors (Lipinski definition) is 0. The summed E-state index contributed by atoms with van der Waals surface area (Å²) in [6.45, 7) is 6.48. The molecule has 0 radical (unpaired) electrons. The van der Waals surface area contributed by atoms with Crippen molar-refractivity contribution in [1.29, 1.82) is 0 Å². The third-order valence-electron chi connectivity index (χ3n) is 4.16. The highest BCUT2D eigenvalue weighted by Crippen LogP contribution is 2.43. The zero-order chi connectivity index (χ0) is 15.7. The van der Waals surface area contributed by atoms with Gasteiger partial charge in [-0.1, -0.05) is 13.8 Å². The maximum atomic E-state index is 12.6. The Bertz CT molecular complexity index is 477. The summed E-state index contributed by atoms with van der Waals surface area (Å²) in [7, 11) is 2.68. The molecule has 0 aromatic rings. The minimum Gasteiger partial charge on any atom is -0.500 e. The van der Waals surface area contributed by atoms with Gasteiger partial charge in [0.2, 0.25) is 11.4 Å². The Kier molecular flexibility index (Phi) is 4.86. The molecule has 0 amide bonds. The van der Waals surface area contributed by atoms with Crippen molar-refractivity contribution in [3.63, 3.8) is 0 Å². The summed E-state index contributed by atoms with van der Waals surface area (Å²) in [5, 5.41) is 0. The van der Waals surface area contributed by atoms with Crippen LogP contribution in [0.1, 0.15) is 34.1 Å². The molecule has 5 nitrogen and oxygen atoms in total. The van der Waals surface area contributed by atoms with Crippen LogP contribution in [0, 0.1) is 11.8 Å². The highest BCUT2D eigenvalue weighted by Gasteiger charge is 2.61. The molecule has 1 aliphatic carbocycles. The Hall–Kier alpha value is -1.49. The summed E-state index contributed by atoms with van der Waals surface area (Å²) in [4.78, 5) is 37.1. The largest absolute Gasteiger partial charge is 0.500 e. The monoisotopic (exact) mass is 282 g/mol. The second-order valence-corrected chi connectivity index (χ2v) is 5.16. The number of hydrogen-bond acceptors (Lipinski definition) is 5. The first kappa shape index (κ1) is 16.6. The lowest BCUT2D eigenvalue weighted by Gasteiger charge is -2.31. The molecule has 20 heavy (non-hydrogen) atoms. The minimum absolute atomic E-state index is 0.202. The van der Waals surface area contributed by atoms with Gasteiger partial charge in [-0.2, -0.15) is 0 Å². The Morgan fingerprint density at radius 2 is 1.90 bits per heavy atom. The molecular formula is C15H22O5. The fourth-order valence-electron chi connectivity index (χ4n) is 2.73. The first-order valence-corrected chi connectivity index (χ1v) is 6.68. The number of carbonyl (C=O) groups excluding carboxylic acids is 3. The average Bonchev–Trinajstić information content (AvgIpc) is 2.66. The van der Waals surface area contributed by atoms with Gasteiger partial charge in [0.15, 0.2) is 5.78 Å². The van der Waals surface area contributed by atoms with Crippen LogP contribution in [0.2, 0.25) is 0 Å². The van der Waals surface area contributed by atoms with E-state index in [4.69, 9.17) is 9.47 Å². The molecule has 0 heterocycles. The molecule has 0 aromatic carbocycles. The van der Waals surface area contributed by atoms with Gasteiger partial charge in [-0.25, -0.2) is 0 Å². The van der Waals surface area contributed by atoms with Gasteiger partial charge in [-0.15, -0.1) is 0 Å². The van der Waals surface area contributed by atoms with Crippen LogP contribution in [-0.4, -0.2) is 37.2 Å². The Balaban J connectivity index is 3.49. The van der Waals surface area contributed by atoms with Crippen LogP contribution >= 0.6 is 0 Å². The van der Waals surface area contributed by atoms with Crippen molar-refractivity contribution in [3.8, 4) is 0 Å². The molecule has 112 valence electrons. The van der Waals surface area contributed by atoms with Crippen molar-refractivity contribution in [3.05, 3.63) is 11.3 Å². The third kappa shape index (κ3) is 2.10. The van der Waals surface area contributed by atoms with Crippen LogP contribution in [0.25, 0.3) is 0 Å². The average molecular weight is 282 g/mol. The molecule has 1 aliphatic rings. The van der Waals surface area contributed by atoms with E-state index in [1.807, 2.05) is 6.92 Å². The van der Waals surface area contributed by atoms with Crippen LogP contribution in [-0.2, 0) is 23.9 Å². The Morgan fingerprint density at radius 3 is 2.25 bits per heavy atom. The normalized spacial score (nSPS) is 27.7. The topological polar surface area (TPSA) is 69.7 Å². The predicted molar refractivity (Wildman–Crippen MR) is 73.1 cm³/mol. The maximum Gasteiger partial charge on any atom is 0.204 e. The van der Waals surface area contributed by atoms with Gasteiger partial charge in [-0.05, 0) is 20.3 Å². The van der Waals surface area contributed by atoms with Crippen LogP contribution < -0.4 is 0 Å². The molecule has 1 rings (SSSR count). The van der Waals surface area contributed by atoms with E-state index in [2.05, 4.69) is 0 Å². The molecule has 0 aromatic heterocycles. The van der Waals surface area contributed by atoms with Crippen LogP contribution in [0.15, 0.2) is 11.3 Å². The Morgan fingerprint density at radius 1 is 1.35 bits per heavy atom. The van der Waals surface area contributed by atoms with E-state index >= 15 is 0 Å². The number of Topliss-reactive ketones (excluding diaryl/α,β-unsaturated/α-hetero) is 3. The van der Waals surface area contributed by atoms with Crippen molar-refractivity contribution in [2.24, 2.45) is 11.8 Å². The standard InChI is InChI=1S/C15H22O5/c1-7-8(2)12(17)11-13(19-5)9(3)14(18)15(11,20-6)10(4)16/h8,11H,7H2,1-6H3/t8-,11-,15-/m0/s1. The number of carbonyl (C=O) groups is 3. The van der Waals surface area contributed by atoms with E-state index in [0.29, 0.717) is 6.42 Å². The lowest BCUT2D eigenvalue weighted by molar-refractivity contribution is -0.160. The van der Waals surface area contributed by atoms with Crippen LogP contribution in [0.5, 0.6) is 0 Å². The molecule has 0 saturated heterocycles. The number of ketones is 3. The van der Waals surface area contributed by atoms with Crippen molar-refractivity contribution in [1.82, 2.24) is 0 Å². The van der Waals surface area contributed by atoms with Crippen molar-refractivity contribution < 1.29 is 23.9 Å². The van der Waals surface area contributed by atoms with Crippen molar-refractivity contribution >= 4 is 17.3 Å². The van der Waals surface area contributed by atoms with Crippen LogP contribution in [0.4, 0.5) is 0 Å². The molecule has 0 spiro atoms. The molecule has 0 saturated carbocycles. The molecule has 0 fully saturated rings. The highest BCUT2D eigenvalue weighted by atomic mass is 16.5. The lowest BCUT2D eigenvalue weighted by Crippen LogP contribution is -2.54. The van der Waals surface area contributed by atoms with E-state index in [1.54, 1.807) is 13.8 Å². The number of ether oxygens (including phenoxy) is 2. The van der Waals surface area contributed by atoms with Crippen molar-refractivity contribution in [2.75, 3.05) is 14.2 Å². The molecule has 0 bridgehead atoms. The van der Waals surface area contributed by atoms with Gasteiger partial charge in [0.1, 0.15) is 17.5 Å². The van der Waals surface area contributed by atoms with E-state index in [-0.39, 0.29) is 23.0 Å². The predicted octanol–water partition coefficient (Wildman–Crippen LogP) is 1.70. The van der Waals surface area contributed by atoms with Gasteiger partial charge in [0.25, 0.3) is 0 Å². The summed E-state index contributed by atoms with van der Waals surface area (Å²) in [5.41, 5.74) is -1.48. The molecular weight excluding hydrogens is 260 g/mol. The summed E-state index contributed by atoms with van der Waals surface area (Å²) >= 11 is 0. The second kappa shape index (κ2) is 5.87. The van der Waals surface area contributed by atoms with Gasteiger partial charge in [-0.3, -0.25) is 14.4 Å². The summed E-state index contributed by atoms with van der Waals surface area (Å²) in [6.07, 6.45) is 0.622. The van der Waals surface area contributed by atoms with Crippen LogP contribution in [0.3, 0.4) is 0 Å². The van der Waals surface area contributed by atoms with Gasteiger partial charge < -0.3 is 9.47 Å². The second-order valence-electron chi connectivity index (χ2n) is 5.16. The highest BCUT2D eigenvalue weighted by molar-refractivity contribution is 6.23. The fraction of sp³-hybridized carbons (Fsp3) is 0.667. The van der Waals surface area contributed by atoms with Gasteiger partial charge >= 0.3 is 0 Å². The summed E-state index contributed by atoms with van der Waals surface area (Å²) < 4.78 is 10.5. The van der Waals surface area contributed by atoms with Gasteiger partial charge in [0, 0.05) is 18.6 Å². The van der Waals surface area contributed by atoms with Gasteiger partial charge in [0.05, 0.1) is 7.11 Å². The smallest absolute Gasteiger partial charge is 0.204 e. The Labute approximate surface area is 119 Å². The summed E-state index contributed by atoms with van der Waals surface area (Å²) in [5.74, 6) is -2.18. The number of rotatable bonds is 6. The van der Waals surface area contributed by atoms with E-state index in [0.717, 1.165) is 0 Å². The first-order valence-electron chi connectivity index (χ1n) is 6.68. The SMILES string of the molecule is CC[C@H](C)C(=O)[C@H]1C(OC)=C(C)C(=O)[C@]1(OC)C(C)=O. The molecule has 3 atom stereocenters. The third-order valence-corrected chi connectivity index (χ3v) is 4.16. The zero-order valence-corrected chi connectivity index (χ0v) is 12.9. The zero-order valence-electron chi connectivity index (χ0n) is 12.9. The van der Waals surface area contributed by atoms with Crippen molar-refractivity contribution in [2.45, 2.75) is 39.7 Å². The minimum atomic E-state index is -1.77. The first-order chi connectivity index (χ1) is 9.29.